The van der Waals surface area contributed by atoms with Gasteiger partial charge in [-0.2, -0.15) is 10.5 Å². The van der Waals surface area contributed by atoms with Crippen LogP contribution in [0.2, 0.25) is 0 Å². The number of benzene rings is 1. The lowest BCUT2D eigenvalue weighted by Gasteiger charge is -2.07. The number of hydrogen-bond acceptors (Lipinski definition) is 4. The lowest BCUT2D eigenvalue weighted by Crippen LogP contribution is -2.05. The van der Waals surface area contributed by atoms with E-state index in [0.717, 1.165) is 11.5 Å². The molecule has 0 radical (unpaired) electrons. The monoisotopic (exact) mass is 237 g/mol. The highest BCUT2D eigenvalue weighted by molar-refractivity contribution is 5.56. The van der Waals surface area contributed by atoms with E-state index in [2.05, 4.69) is 10.3 Å². The number of aryl methyl sites for hydroxylation is 1. The van der Waals surface area contributed by atoms with E-state index in [1.165, 1.54) is 0 Å². The third kappa shape index (κ3) is 2.31. The minimum Gasteiger partial charge on any atom is -0.378 e. The van der Waals surface area contributed by atoms with E-state index < -0.39 is 0 Å². The molecule has 2 rings (SSSR count). The minimum atomic E-state index is 0.377. The number of imidazole rings is 1. The highest BCUT2D eigenvalue weighted by Crippen LogP contribution is 2.15. The van der Waals surface area contributed by atoms with Crippen molar-refractivity contribution >= 4 is 5.69 Å². The van der Waals surface area contributed by atoms with Crippen molar-refractivity contribution in [3.8, 4) is 12.1 Å². The lowest BCUT2D eigenvalue weighted by molar-refractivity contribution is 0.813. The summed E-state index contributed by atoms with van der Waals surface area (Å²) < 4.78 is 1.92. The maximum Gasteiger partial charge on any atom is 0.127 e. The Labute approximate surface area is 105 Å². The van der Waals surface area contributed by atoms with E-state index in [0.29, 0.717) is 17.7 Å². The molecule has 0 aliphatic carbocycles. The van der Waals surface area contributed by atoms with E-state index in [9.17, 15) is 0 Å². The Morgan fingerprint density at radius 1 is 1.28 bits per heavy atom. The fourth-order valence-electron chi connectivity index (χ4n) is 1.59. The summed E-state index contributed by atoms with van der Waals surface area (Å²) in [6.07, 6.45) is 3.60. The van der Waals surface area contributed by atoms with Crippen molar-refractivity contribution in [3.63, 3.8) is 0 Å². The molecule has 0 unspecified atom stereocenters. The lowest BCUT2D eigenvalue weighted by atomic mass is 10.1. The fraction of sp³-hybridized carbons (Fsp3) is 0.154. The zero-order valence-electron chi connectivity index (χ0n) is 9.88. The highest BCUT2D eigenvalue weighted by Gasteiger charge is 2.03. The third-order valence-electron chi connectivity index (χ3n) is 2.63. The quantitative estimate of drug-likeness (QED) is 0.882. The van der Waals surface area contributed by atoms with Gasteiger partial charge in [0.25, 0.3) is 0 Å². The van der Waals surface area contributed by atoms with Crippen molar-refractivity contribution in [1.82, 2.24) is 9.55 Å². The molecule has 1 heterocycles. The summed E-state index contributed by atoms with van der Waals surface area (Å²) in [7, 11) is 1.92. The van der Waals surface area contributed by atoms with Crippen LogP contribution in [0.1, 0.15) is 17.0 Å². The molecule has 0 aliphatic heterocycles. The largest absolute Gasteiger partial charge is 0.378 e. The Morgan fingerprint density at radius 3 is 2.67 bits per heavy atom. The second-order valence-corrected chi connectivity index (χ2v) is 3.79. The molecule has 0 saturated carbocycles. The van der Waals surface area contributed by atoms with Gasteiger partial charge in [0.05, 0.1) is 17.7 Å². The van der Waals surface area contributed by atoms with Crippen LogP contribution in [0.15, 0.2) is 30.6 Å². The van der Waals surface area contributed by atoms with Gasteiger partial charge in [0.1, 0.15) is 18.0 Å². The molecule has 1 aromatic heterocycles. The zero-order valence-corrected chi connectivity index (χ0v) is 9.88. The summed E-state index contributed by atoms with van der Waals surface area (Å²) in [6, 6.07) is 9.08. The van der Waals surface area contributed by atoms with Gasteiger partial charge in [-0.15, -0.1) is 0 Å². The van der Waals surface area contributed by atoms with Crippen LogP contribution in [0.3, 0.4) is 0 Å². The summed E-state index contributed by atoms with van der Waals surface area (Å²) in [6.45, 7) is 0.570. The predicted molar refractivity (Wildman–Crippen MR) is 66.4 cm³/mol. The van der Waals surface area contributed by atoms with E-state index in [1.54, 1.807) is 24.4 Å². The van der Waals surface area contributed by atoms with Crippen LogP contribution in [-0.4, -0.2) is 9.55 Å². The van der Waals surface area contributed by atoms with Crippen LogP contribution in [-0.2, 0) is 13.6 Å². The summed E-state index contributed by atoms with van der Waals surface area (Å²) in [5, 5.41) is 20.9. The molecule has 5 heteroatoms. The predicted octanol–water partition coefficient (Wildman–Crippen LogP) is 1.78. The van der Waals surface area contributed by atoms with Gasteiger partial charge < -0.3 is 9.88 Å². The molecule has 0 fully saturated rings. The van der Waals surface area contributed by atoms with Crippen molar-refractivity contribution in [2.75, 3.05) is 5.32 Å². The number of nitrogens with zero attached hydrogens (tertiary/aromatic N) is 4. The molecular weight excluding hydrogens is 226 g/mol. The first kappa shape index (κ1) is 11.7. The maximum absolute atomic E-state index is 8.92. The van der Waals surface area contributed by atoms with Crippen LogP contribution in [0.25, 0.3) is 0 Å². The standard InChI is InChI=1S/C13H11N5/c1-18-5-4-16-13(18)9-17-12-3-2-10(7-14)11(6-12)8-15/h2-6,17H,9H2,1H3. The summed E-state index contributed by atoms with van der Waals surface area (Å²) in [5.74, 6) is 0.901. The van der Waals surface area contributed by atoms with Gasteiger partial charge in [-0.3, -0.25) is 0 Å². The van der Waals surface area contributed by atoms with Gasteiger partial charge in [-0.1, -0.05) is 0 Å². The topological polar surface area (TPSA) is 77.4 Å². The SMILES string of the molecule is Cn1ccnc1CNc1ccc(C#N)c(C#N)c1. The molecule has 0 atom stereocenters. The Kier molecular flexibility index (Phi) is 3.26. The normalized spacial score (nSPS) is 9.50. The van der Waals surface area contributed by atoms with Gasteiger partial charge >= 0.3 is 0 Å². The highest BCUT2D eigenvalue weighted by atomic mass is 15.1. The Bertz CT molecular complexity index is 642. The van der Waals surface area contributed by atoms with Crippen molar-refractivity contribution in [1.29, 1.82) is 10.5 Å². The van der Waals surface area contributed by atoms with Crippen molar-refractivity contribution in [2.45, 2.75) is 6.54 Å². The molecule has 2 aromatic rings. The molecule has 0 bridgehead atoms. The Morgan fingerprint density at radius 2 is 2.06 bits per heavy atom. The number of nitriles is 2. The smallest absolute Gasteiger partial charge is 0.127 e. The second kappa shape index (κ2) is 5.03. The number of anilines is 1. The molecule has 0 amide bonds. The maximum atomic E-state index is 8.92. The number of hydrogen-bond donors (Lipinski definition) is 1. The first-order valence-electron chi connectivity index (χ1n) is 5.39. The van der Waals surface area contributed by atoms with Crippen LogP contribution in [0.5, 0.6) is 0 Å². The van der Waals surface area contributed by atoms with Crippen molar-refractivity contribution in [2.24, 2.45) is 7.05 Å². The van der Waals surface area contributed by atoms with Gasteiger partial charge in [0.15, 0.2) is 0 Å². The first-order valence-corrected chi connectivity index (χ1v) is 5.39. The van der Waals surface area contributed by atoms with Gasteiger partial charge in [0, 0.05) is 25.1 Å². The van der Waals surface area contributed by atoms with E-state index in [4.69, 9.17) is 10.5 Å². The molecule has 1 aromatic carbocycles. The first-order chi connectivity index (χ1) is 8.74. The molecule has 0 saturated heterocycles. The van der Waals surface area contributed by atoms with Crippen LogP contribution >= 0.6 is 0 Å². The Hall–Kier alpha value is -2.79. The van der Waals surface area contributed by atoms with Crippen LogP contribution in [0, 0.1) is 22.7 Å². The van der Waals surface area contributed by atoms with Gasteiger partial charge in [-0.05, 0) is 18.2 Å². The average Bonchev–Trinajstić information content (AvgIpc) is 2.81. The van der Waals surface area contributed by atoms with Gasteiger partial charge in [-0.25, -0.2) is 4.98 Å². The number of rotatable bonds is 3. The van der Waals surface area contributed by atoms with E-state index in [-0.39, 0.29) is 0 Å². The Balaban J connectivity index is 2.14. The molecule has 18 heavy (non-hydrogen) atoms. The molecule has 0 spiro atoms. The van der Waals surface area contributed by atoms with Crippen LogP contribution in [0.4, 0.5) is 5.69 Å². The fourth-order valence-corrected chi connectivity index (χ4v) is 1.59. The van der Waals surface area contributed by atoms with Gasteiger partial charge in [0.2, 0.25) is 0 Å². The third-order valence-corrected chi connectivity index (χ3v) is 2.63. The molecular formula is C13H11N5. The summed E-state index contributed by atoms with van der Waals surface area (Å²) in [5.41, 5.74) is 1.57. The second-order valence-electron chi connectivity index (χ2n) is 3.79. The minimum absolute atomic E-state index is 0.377. The summed E-state index contributed by atoms with van der Waals surface area (Å²) >= 11 is 0. The van der Waals surface area contributed by atoms with E-state index in [1.807, 2.05) is 30.0 Å². The molecule has 1 N–H and O–H groups in total. The molecule has 5 nitrogen and oxygen atoms in total. The summed E-state index contributed by atoms with van der Waals surface area (Å²) in [4.78, 5) is 4.19. The molecule has 0 aliphatic rings. The average molecular weight is 237 g/mol. The van der Waals surface area contributed by atoms with Crippen molar-refractivity contribution < 1.29 is 0 Å². The zero-order chi connectivity index (χ0) is 13.0. The number of aromatic nitrogens is 2. The molecule has 88 valence electrons. The van der Waals surface area contributed by atoms with E-state index >= 15 is 0 Å². The number of nitrogens with one attached hydrogen (secondary N) is 1. The van der Waals surface area contributed by atoms with Crippen LogP contribution < -0.4 is 5.32 Å². The van der Waals surface area contributed by atoms with Crippen molar-refractivity contribution in [3.05, 3.63) is 47.5 Å².